The van der Waals surface area contributed by atoms with Crippen molar-refractivity contribution in [1.82, 2.24) is 4.98 Å². The Morgan fingerprint density at radius 3 is 2.59 bits per heavy atom. The van der Waals surface area contributed by atoms with Gasteiger partial charge in [-0.15, -0.1) is 0 Å². The Balaban J connectivity index is 1.96. The molecular weight excluding hydrogens is 352 g/mol. The lowest BCUT2D eigenvalue weighted by Gasteiger charge is -2.12. The molecule has 0 bridgehead atoms. The Hall–Kier alpha value is -3.02. The lowest BCUT2D eigenvalue weighted by molar-refractivity contribution is -0.138. The van der Waals surface area contributed by atoms with Crippen LogP contribution in [0.1, 0.15) is 47.2 Å². The third-order valence-electron chi connectivity index (χ3n) is 4.61. The summed E-state index contributed by atoms with van der Waals surface area (Å²) in [6, 6.07) is 8.41. The molecule has 2 aromatic carbocycles. The van der Waals surface area contributed by atoms with Crippen molar-refractivity contribution in [3.05, 3.63) is 70.9 Å². The van der Waals surface area contributed by atoms with Crippen molar-refractivity contribution in [1.29, 1.82) is 0 Å². The average Bonchev–Trinajstić information content (AvgIpc) is 3.02. The molecule has 3 rings (SSSR count). The Kier molecular flexibility index (Phi) is 5.35. The van der Waals surface area contributed by atoms with Gasteiger partial charge in [0.2, 0.25) is 0 Å². The molecule has 0 radical (unpaired) electrons. The van der Waals surface area contributed by atoms with Gasteiger partial charge in [0.1, 0.15) is 11.6 Å². The van der Waals surface area contributed by atoms with Gasteiger partial charge in [0.15, 0.2) is 5.78 Å². The molecule has 6 heteroatoms. The Labute approximate surface area is 154 Å². The number of carbonyl (C=O) groups excluding carboxylic acids is 1. The van der Waals surface area contributed by atoms with Crippen molar-refractivity contribution < 1.29 is 23.5 Å². The molecule has 1 heterocycles. The number of Topliss-reactive ketones (excluding diaryl/α,β-unsaturated/α-hetero) is 1. The van der Waals surface area contributed by atoms with Crippen LogP contribution >= 0.6 is 0 Å². The molecule has 0 spiro atoms. The number of carboxylic acids is 1. The number of hydrogen-bond acceptors (Lipinski definition) is 2. The first-order valence-corrected chi connectivity index (χ1v) is 8.71. The van der Waals surface area contributed by atoms with Crippen molar-refractivity contribution >= 4 is 22.7 Å². The SMILES string of the molecule is CCCc1ccc2[nH]cc(C(CC(=O)c3ccc(F)cc3F)C(=O)O)c2c1. The maximum atomic E-state index is 13.9. The number of fused-ring (bicyclic) bond motifs is 1. The molecule has 27 heavy (non-hydrogen) atoms. The highest BCUT2D eigenvalue weighted by Gasteiger charge is 2.27. The van der Waals surface area contributed by atoms with Crippen LogP contribution in [-0.4, -0.2) is 21.8 Å². The van der Waals surface area contributed by atoms with Crippen molar-refractivity contribution in [3.8, 4) is 0 Å². The molecule has 0 amide bonds. The van der Waals surface area contributed by atoms with Crippen LogP contribution in [0.2, 0.25) is 0 Å². The van der Waals surface area contributed by atoms with Crippen LogP contribution in [0.25, 0.3) is 10.9 Å². The summed E-state index contributed by atoms with van der Waals surface area (Å²) < 4.78 is 26.9. The molecule has 0 aliphatic heterocycles. The van der Waals surface area contributed by atoms with E-state index < -0.39 is 35.7 Å². The van der Waals surface area contributed by atoms with E-state index in [4.69, 9.17) is 0 Å². The van der Waals surface area contributed by atoms with Crippen LogP contribution in [0.5, 0.6) is 0 Å². The van der Waals surface area contributed by atoms with Gasteiger partial charge in [0.05, 0.1) is 11.5 Å². The van der Waals surface area contributed by atoms with E-state index in [1.165, 1.54) is 0 Å². The van der Waals surface area contributed by atoms with E-state index in [-0.39, 0.29) is 5.56 Å². The van der Waals surface area contributed by atoms with E-state index >= 15 is 0 Å². The minimum absolute atomic E-state index is 0.311. The summed E-state index contributed by atoms with van der Waals surface area (Å²) in [5.41, 5.74) is 2.02. The summed E-state index contributed by atoms with van der Waals surface area (Å²) in [5, 5.41) is 10.4. The molecule has 0 aliphatic carbocycles. The number of H-pyrrole nitrogens is 1. The fraction of sp³-hybridized carbons (Fsp3) is 0.238. The fourth-order valence-electron chi connectivity index (χ4n) is 3.26. The number of aromatic nitrogens is 1. The van der Waals surface area contributed by atoms with E-state index in [2.05, 4.69) is 11.9 Å². The standard InChI is InChI=1S/C21H19F2NO3/c1-2-3-12-4-7-19-15(8-12)17(11-24-19)16(21(26)27)10-20(25)14-6-5-13(22)9-18(14)23/h4-9,11,16,24H,2-3,10H2,1H3,(H,26,27). The van der Waals surface area contributed by atoms with Crippen LogP contribution in [0, 0.1) is 11.6 Å². The van der Waals surface area contributed by atoms with Crippen LogP contribution in [-0.2, 0) is 11.2 Å². The number of aliphatic carboxylic acids is 1. The first-order valence-electron chi connectivity index (χ1n) is 8.71. The van der Waals surface area contributed by atoms with Gasteiger partial charge in [0, 0.05) is 29.6 Å². The Morgan fingerprint density at radius 2 is 1.93 bits per heavy atom. The smallest absolute Gasteiger partial charge is 0.311 e. The highest BCUT2D eigenvalue weighted by molar-refractivity contribution is 6.00. The molecule has 0 fully saturated rings. The van der Waals surface area contributed by atoms with Gasteiger partial charge >= 0.3 is 5.97 Å². The van der Waals surface area contributed by atoms with Crippen molar-refractivity contribution in [2.45, 2.75) is 32.1 Å². The lowest BCUT2D eigenvalue weighted by Crippen LogP contribution is -2.17. The number of aromatic amines is 1. The molecule has 0 saturated heterocycles. The van der Waals surface area contributed by atoms with E-state index in [0.717, 1.165) is 41.4 Å². The Bertz CT molecular complexity index is 1010. The van der Waals surface area contributed by atoms with Gasteiger partial charge in [-0.05, 0) is 41.8 Å². The number of benzene rings is 2. The maximum absolute atomic E-state index is 13.9. The highest BCUT2D eigenvalue weighted by atomic mass is 19.1. The summed E-state index contributed by atoms with van der Waals surface area (Å²) in [4.78, 5) is 27.3. The van der Waals surface area contributed by atoms with Crippen molar-refractivity contribution in [3.63, 3.8) is 0 Å². The van der Waals surface area contributed by atoms with Crippen molar-refractivity contribution in [2.24, 2.45) is 0 Å². The van der Waals surface area contributed by atoms with E-state index in [1.807, 2.05) is 18.2 Å². The van der Waals surface area contributed by atoms with Gasteiger partial charge in [-0.1, -0.05) is 19.4 Å². The maximum Gasteiger partial charge on any atom is 0.311 e. The van der Waals surface area contributed by atoms with Gasteiger partial charge in [-0.2, -0.15) is 0 Å². The van der Waals surface area contributed by atoms with Gasteiger partial charge in [0.25, 0.3) is 0 Å². The molecule has 2 N–H and O–H groups in total. The molecule has 140 valence electrons. The molecule has 4 nitrogen and oxygen atoms in total. The van der Waals surface area contributed by atoms with E-state index in [9.17, 15) is 23.5 Å². The zero-order valence-electron chi connectivity index (χ0n) is 14.8. The second kappa shape index (κ2) is 7.70. The average molecular weight is 371 g/mol. The number of halogens is 2. The molecule has 0 aliphatic rings. The molecule has 1 unspecified atom stereocenters. The van der Waals surface area contributed by atoms with Crippen molar-refractivity contribution in [2.75, 3.05) is 0 Å². The minimum Gasteiger partial charge on any atom is -0.481 e. The van der Waals surface area contributed by atoms with E-state index in [0.29, 0.717) is 11.6 Å². The van der Waals surface area contributed by atoms with Gasteiger partial charge < -0.3 is 10.1 Å². The second-order valence-corrected chi connectivity index (χ2v) is 6.52. The third kappa shape index (κ3) is 3.89. The topological polar surface area (TPSA) is 70.2 Å². The monoisotopic (exact) mass is 371 g/mol. The van der Waals surface area contributed by atoms with Gasteiger partial charge in [-0.3, -0.25) is 9.59 Å². The fourth-order valence-corrected chi connectivity index (χ4v) is 3.26. The normalized spacial score (nSPS) is 12.3. The first-order chi connectivity index (χ1) is 12.9. The first kappa shape index (κ1) is 18.8. The second-order valence-electron chi connectivity index (χ2n) is 6.52. The predicted molar refractivity (Wildman–Crippen MR) is 98.0 cm³/mol. The molecular formula is C21H19F2NO3. The number of aryl methyl sites for hydroxylation is 1. The number of rotatable bonds is 7. The Morgan fingerprint density at radius 1 is 1.15 bits per heavy atom. The summed E-state index contributed by atoms with van der Waals surface area (Å²) >= 11 is 0. The van der Waals surface area contributed by atoms with Crippen LogP contribution in [0.3, 0.4) is 0 Å². The number of hydrogen-bond donors (Lipinski definition) is 2. The highest BCUT2D eigenvalue weighted by Crippen LogP contribution is 2.31. The number of ketones is 1. The minimum atomic E-state index is -1.17. The number of carboxylic acid groups (broad SMARTS) is 1. The molecule has 0 saturated carbocycles. The lowest BCUT2D eigenvalue weighted by atomic mass is 9.90. The summed E-state index contributed by atoms with van der Waals surface area (Å²) in [7, 11) is 0. The summed E-state index contributed by atoms with van der Waals surface area (Å²) in [6.45, 7) is 2.05. The van der Waals surface area contributed by atoms with Crippen LogP contribution < -0.4 is 0 Å². The summed E-state index contributed by atoms with van der Waals surface area (Å²) in [5.74, 6) is -4.77. The van der Waals surface area contributed by atoms with E-state index in [1.54, 1.807) is 6.20 Å². The van der Waals surface area contributed by atoms with Crippen LogP contribution in [0.4, 0.5) is 8.78 Å². The van der Waals surface area contributed by atoms with Crippen LogP contribution in [0.15, 0.2) is 42.6 Å². The zero-order chi connectivity index (χ0) is 19.6. The number of carbonyl (C=O) groups is 2. The zero-order valence-corrected chi connectivity index (χ0v) is 14.8. The molecule has 1 atom stereocenters. The third-order valence-corrected chi connectivity index (χ3v) is 4.61. The largest absolute Gasteiger partial charge is 0.481 e. The van der Waals surface area contributed by atoms with Gasteiger partial charge in [-0.25, -0.2) is 8.78 Å². The quantitative estimate of drug-likeness (QED) is 0.584. The molecule has 3 aromatic rings. The summed E-state index contributed by atoms with van der Waals surface area (Å²) in [6.07, 6.45) is 2.98. The molecule has 1 aromatic heterocycles. The predicted octanol–water partition coefficient (Wildman–Crippen LogP) is 4.84. The number of nitrogens with one attached hydrogen (secondary N) is 1.